The number of hydrogen-bond donors (Lipinski definition) is 0. The normalized spacial score (nSPS) is 18.9. The molecule has 2 aromatic rings. The Bertz CT molecular complexity index is 770. The first-order valence-electron chi connectivity index (χ1n) is 8.96. The molecule has 3 heterocycles. The molecule has 6 heteroatoms. The van der Waals surface area contributed by atoms with Crippen LogP contribution in [0, 0.1) is 5.92 Å². The molecule has 0 atom stereocenters. The van der Waals surface area contributed by atoms with Crippen LogP contribution in [0.3, 0.4) is 0 Å². The number of piperidine rings is 1. The lowest BCUT2D eigenvalue weighted by Crippen LogP contribution is -2.36. The second-order valence-corrected chi connectivity index (χ2v) is 7.24. The van der Waals surface area contributed by atoms with Gasteiger partial charge in [0.1, 0.15) is 0 Å². The number of aromatic nitrogens is 4. The van der Waals surface area contributed by atoms with Gasteiger partial charge in [-0.25, -0.2) is 9.67 Å². The Morgan fingerprint density at radius 3 is 2.83 bits per heavy atom. The second kappa shape index (κ2) is 6.51. The highest BCUT2D eigenvalue weighted by atomic mass is 16.1. The van der Waals surface area contributed by atoms with E-state index in [0.717, 1.165) is 69.7 Å². The third kappa shape index (κ3) is 3.29. The van der Waals surface area contributed by atoms with Gasteiger partial charge in [-0.3, -0.25) is 9.69 Å². The number of fused-ring (bicyclic) bond motifs is 1. The van der Waals surface area contributed by atoms with Crippen LogP contribution in [-0.4, -0.2) is 37.3 Å². The molecule has 1 aliphatic heterocycles. The van der Waals surface area contributed by atoms with Gasteiger partial charge in [0, 0.05) is 32.4 Å². The molecule has 0 aromatic carbocycles. The zero-order chi connectivity index (χ0) is 16.5. The summed E-state index contributed by atoms with van der Waals surface area (Å²) >= 11 is 0. The number of rotatable bonds is 4. The quantitative estimate of drug-likeness (QED) is 0.851. The molecule has 128 valence electrons. The van der Waals surface area contributed by atoms with E-state index in [2.05, 4.69) is 21.2 Å². The predicted octanol–water partition coefficient (Wildman–Crippen LogP) is 1.38. The fraction of sp³-hybridized carbons (Fsp3) is 0.611. The number of hydrogen-bond acceptors (Lipinski definition) is 4. The summed E-state index contributed by atoms with van der Waals surface area (Å²) in [5.41, 5.74) is 3.52. The number of nitrogens with zero attached hydrogens (tertiary/aromatic N) is 5. The van der Waals surface area contributed by atoms with Crippen LogP contribution in [0.1, 0.15) is 36.2 Å². The van der Waals surface area contributed by atoms with E-state index in [4.69, 9.17) is 0 Å². The van der Waals surface area contributed by atoms with Crippen molar-refractivity contribution in [2.45, 2.75) is 45.2 Å². The topological polar surface area (TPSA) is 56.0 Å². The van der Waals surface area contributed by atoms with Gasteiger partial charge in [-0.05, 0) is 56.7 Å². The fourth-order valence-electron chi connectivity index (χ4n) is 3.92. The minimum absolute atomic E-state index is 0.0755. The molecule has 24 heavy (non-hydrogen) atoms. The molecular formula is C18H25N5O. The summed E-state index contributed by atoms with van der Waals surface area (Å²) in [4.78, 5) is 19.1. The molecule has 0 unspecified atom stereocenters. The Morgan fingerprint density at radius 1 is 1.25 bits per heavy atom. The van der Waals surface area contributed by atoms with Gasteiger partial charge in [0.15, 0.2) is 0 Å². The van der Waals surface area contributed by atoms with E-state index in [-0.39, 0.29) is 5.56 Å². The summed E-state index contributed by atoms with van der Waals surface area (Å²) in [6.07, 6.45) is 9.37. The van der Waals surface area contributed by atoms with Crippen molar-refractivity contribution in [3.8, 4) is 0 Å². The van der Waals surface area contributed by atoms with Crippen LogP contribution in [0.4, 0.5) is 0 Å². The first kappa shape index (κ1) is 15.6. The van der Waals surface area contributed by atoms with E-state index in [9.17, 15) is 4.79 Å². The van der Waals surface area contributed by atoms with Gasteiger partial charge in [0.05, 0.1) is 17.7 Å². The van der Waals surface area contributed by atoms with Crippen LogP contribution >= 0.6 is 0 Å². The van der Waals surface area contributed by atoms with Crippen molar-refractivity contribution in [3.63, 3.8) is 0 Å². The molecule has 1 fully saturated rings. The van der Waals surface area contributed by atoms with E-state index in [1.165, 1.54) is 5.56 Å². The van der Waals surface area contributed by atoms with E-state index < -0.39 is 0 Å². The highest BCUT2D eigenvalue weighted by Crippen LogP contribution is 2.21. The Labute approximate surface area is 142 Å². The number of aryl methyl sites for hydroxylation is 3. The molecule has 1 aliphatic carbocycles. The average Bonchev–Trinajstić information content (AvgIpc) is 3.18. The minimum Gasteiger partial charge on any atom is -0.340 e. The molecule has 4 rings (SSSR count). The van der Waals surface area contributed by atoms with Crippen molar-refractivity contribution in [1.82, 2.24) is 24.2 Å². The largest absolute Gasteiger partial charge is 0.340 e. The molecule has 6 nitrogen and oxygen atoms in total. The highest BCUT2D eigenvalue weighted by molar-refractivity contribution is 5.22. The molecular weight excluding hydrogens is 302 g/mol. The van der Waals surface area contributed by atoms with Gasteiger partial charge in [0.25, 0.3) is 5.56 Å². The van der Waals surface area contributed by atoms with Crippen molar-refractivity contribution in [2.24, 2.45) is 13.0 Å². The lowest BCUT2D eigenvalue weighted by atomic mass is 9.96. The van der Waals surface area contributed by atoms with Gasteiger partial charge < -0.3 is 4.57 Å². The molecule has 2 aromatic heterocycles. The molecule has 0 spiro atoms. The zero-order valence-electron chi connectivity index (χ0n) is 14.3. The monoisotopic (exact) mass is 327 g/mol. The maximum atomic E-state index is 12.2. The minimum atomic E-state index is 0.0755. The fourth-order valence-corrected chi connectivity index (χ4v) is 3.92. The maximum absolute atomic E-state index is 12.2. The highest BCUT2D eigenvalue weighted by Gasteiger charge is 2.22. The second-order valence-electron chi connectivity index (χ2n) is 7.24. The van der Waals surface area contributed by atoms with Crippen molar-refractivity contribution in [2.75, 3.05) is 13.1 Å². The summed E-state index contributed by atoms with van der Waals surface area (Å²) in [5, 5.41) is 4.61. The first-order chi connectivity index (χ1) is 11.7. The van der Waals surface area contributed by atoms with Crippen LogP contribution in [0.15, 0.2) is 23.4 Å². The Kier molecular flexibility index (Phi) is 4.22. The van der Waals surface area contributed by atoms with E-state index in [1.807, 2.05) is 24.0 Å². The van der Waals surface area contributed by atoms with E-state index in [0.29, 0.717) is 5.92 Å². The van der Waals surface area contributed by atoms with E-state index in [1.54, 1.807) is 4.68 Å². The van der Waals surface area contributed by atoms with Crippen molar-refractivity contribution >= 4 is 0 Å². The van der Waals surface area contributed by atoms with E-state index >= 15 is 0 Å². The molecule has 0 radical (unpaired) electrons. The van der Waals surface area contributed by atoms with Gasteiger partial charge in [-0.1, -0.05) is 0 Å². The molecule has 0 bridgehead atoms. The first-order valence-corrected chi connectivity index (χ1v) is 8.96. The van der Waals surface area contributed by atoms with Gasteiger partial charge in [0.2, 0.25) is 0 Å². The van der Waals surface area contributed by atoms with Crippen molar-refractivity contribution in [3.05, 3.63) is 45.9 Å². The SMILES string of the molecule is Cn1cnc(CN2CCC(Cn3nc4c(cc3=O)CCC4)CC2)c1. The van der Waals surface area contributed by atoms with Crippen LogP contribution in [0.5, 0.6) is 0 Å². The molecule has 0 N–H and O–H groups in total. The van der Waals surface area contributed by atoms with Crippen LogP contribution in [0.25, 0.3) is 0 Å². The van der Waals surface area contributed by atoms with Gasteiger partial charge >= 0.3 is 0 Å². The Balaban J connectivity index is 1.34. The average molecular weight is 327 g/mol. The molecule has 0 amide bonds. The number of likely N-dealkylation sites (tertiary alicyclic amines) is 1. The van der Waals surface area contributed by atoms with Crippen LogP contribution in [0.2, 0.25) is 0 Å². The van der Waals surface area contributed by atoms with Crippen molar-refractivity contribution < 1.29 is 0 Å². The summed E-state index contributed by atoms with van der Waals surface area (Å²) in [6, 6.07) is 1.81. The van der Waals surface area contributed by atoms with Crippen LogP contribution in [-0.2, 0) is 33.0 Å². The maximum Gasteiger partial charge on any atom is 0.267 e. The van der Waals surface area contributed by atoms with Gasteiger partial charge in [-0.15, -0.1) is 0 Å². The predicted molar refractivity (Wildman–Crippen MR) is 91.7 cm³/mol. The smallest absolute Gasteiger partial charge is 0.267 e. The van der Waals surface area contributed by atoms with Crippen LogP contribution < -0.4 is 5.56 Å². The lowest BCUT2D eigenvalue weighted by Gasteiger charge is -2.31. The summed E-state index contributed by atoms with van der Waals surface area (Å²) in [6.45, 7) is 3.83. The lowest BCUT2D eigenvalue weighted by molar-refractivity contribution is 0.162. The zero-order valence-corrected chi connectivity index (χ0v) is 14.3. The third-order valence-electron chi connectivity index (χ3n) is 5.31. The summed E-state index contributed by atoms with van der Waals surface area (Å²) in [5.74, 6) is 0.551. The molecule has 2 aliphatic rings. The molecule has 1 saturated heterocycles. The Hall–Kier alpha value is -1.95. The molecule has 0 saturated carbocycles. The Morgan fingerprint density at radius 2 is 2.08 bits per heavy atom. The van der Waals surface area contributed by atoms with Gasteiger partial charge in [-0.2, -0.15) is 5.10 Å². The number of imidazole rings is 1. The summed E-state index contributed by atoms with van der Waals surface area (Å²) in [7, 11) is 2.00. The third-order valence-corrected chi connectivity index (χ3v) is 5.31. The van der Waals surface area contributed by atoms with Crippen molar-refractivity contribution in [1.29, 1.82) is 0 Å². The standard InChI is InChI=1S/C18H25N5O/c1-21-11-16(19-13-21)12-22-7-5-14(6-8-22)10-23-18(24)9-15-3-2-4-17(15)20-23/h9,11,13-14H,2-8,10,12H2,1H3. The summed E-state index contributed by atoms with van der Waals surface area (Å²) < 4.78 is 3.71.